The first-order valence-electron chi connectivity index (χ1n) is 5.22. The van der Waals surface area contributed by atoms with Crippen molar-refractivity contribution in [2.24, 2.45) is 0 Å². The smallest absolute Gasteiger partial charge is 0.423 e. The van der Waals surface area contributed by atoms with Gasteiger partial charge in [0.2, 0.25) is 0 Å². The zero-order valence-corrected chi connectivity index (χ0v) is 10.0. The van der Waals surface area contributed by atoms with E-state index in [-0.39, 0.29) is 11.2 Å². The predicted molar refractivity (Wildman–Crippen MR) is 65.6 cm³/mol. The highest BCUT2D eigenvalue weighted by molar-refractivity contribution is 6.58. The molecule has 1 aromatic rings. The van der Waals surface area contributed by atoms with E-state index in [2.05, 4.69) is 0 Å². The van der Waals surface area contributed by atoms with Gasteiger partial charge in [0.15, 0.2) is 0 Å². The molecule has 0 aromatic heterocycles. The van der Waals surface area contributed by atoms with Gasteiger partial charge in [0.05, 0.1) is 4.92 Å². The molecule has 0 saturated heterocycles. The Kier molecular flexibility index (Phi) is 10.8. The summed E-state index contributed by atoms with van der Waals surface area (Å²) in [6.07, 6.45) is 0. The summed E-state index contributed by atoms with van der Waals surface area (Å²) in [5, 5.41) is 27.5. The van der Waals surface area contributed by atoms with E-state index >= 15 is 0 Å². The van der Waals surface area contributed by atoms with Crippen LogP contribution < -0.4 is 5.46 Å². The van der Waals surface area contributed by atoms with Crippen LogP contribution in [0.3, 0.4) is 0 Å². The topological polar surface area (TPSA) is 83.6 Å². The standard InChI is InChI=1S/C6H6BNO4.2C2H6/c9-7(10)5-2-1-3-6(4-5)8(11)12;2*1-2/h1-4,9-10H;2*1-2H3. The molecule has 5 nitrogen and oxygen atoms in total. The van der Waals surface area contributed by atoms with Crippen molar-refractivity contribution in [1.82, 2.24) is 0 Å². The molecule has 1 rings (SSSR count). The number of hydrogen-bond donors (Lipinski definition) is 2. The van der Waals surface area contributed by atoms with E-state index in [0.29, 0.717) is 0 Å². The van der Waals surface area contributed by atoms with Gasteiger partial charge in [-0.05, 0) is 5.46 Å². The lowest BCUT2D eigenvalue weighted by Crippen LogP contribution is -2.29. The van der Waals surface area contributed by atoms with Gasteiger partial charge in [-0.3, -0.25) is 10.1 Å². The van der Waals surface area contributed by atoms with Crippen molar-refractivity contribution in [3.63, 3.8) is 0 Å². The van der Waals surface area contributed by atoms with Gasteiger partial charge in [-0.15, -0.1) is 0 Å². The van der Waals surface area contributed by atoms with Crippen molar-refractivity contribution in [2.45, 2.75) is 27.7 Å². The minimum atomic E-state index is -1.66. The summed E-state index contributed by atoms with van der Waals surface area (Å²) in [5.74, 6) is 0. The minimum Gasteiger partial charge on any atom is -0.423 e. The Bertz CT molecular complexity index is 305. The first-order chi connectivity index (χ1) is 7.61. The number of nitro groups is 1. The van der Waals surface area contributed by atoms with Crippen molar-refractivity contribution in [3.8, 4) is 0 Å². The molecule has 0 unspecified atom stereocenters. The Hall–Kier alpha value is -1.40. The Morgan fingerprint density at radius 3 is 2.06 bits per heavy atom. The zero-order valence-electron chi connectivity index (χ0n) is 10.0. The number of nitrogens with zero attached hydrogens (tertiary/aromatic N) is 1. The average molecular weight is 227 g/mol. The molecule has 0 radical (unpaired) electrons. The van der Waals surface area contributed by atoms with E-state index in [9.17, 15) is 10.1 Å². The van der Waals surface area contributed by atoms with Gasteiger partial charge in [0, 0.05) is 12.1 Å². The molecule has 0 saturated carbocycles. The van der Waals surface area contributed by atoms with Crippen LogP contribution in [-0.4, -0.2) is 22.1 Å². The highest BCUT2D eigenvalue weighted by Crippen LogP contribution is 2.06. The molecule has 6 heteroatoms. The van der Waals surface area contributed by atoms with Gasteiger partial charge < -0.3 is 10.0 Å². The quantitative estimate of drug-likeness (QED) is 0.453. The van der Waals surface area contributed by atoms with Crippen LogP contribution in [0.2, 0.25) is 0 Å². The van der Waals surface area contributed by atoms with Crippen molar-refractivity contribution in [3.05, 3.63) is 34.4 Å². The maximum absolute atomic E-state index is 10.2. The summed E-state index contributed by atoms with van der Waals surface area (Å²) < 4.78 is 0. The first-order valence-corrected chi connectivity index (χ1v) is 5.22. The second kappa shape index (κ2) is 10.1. The van der Waals surface area contributed by atoms with E-state index in [1.807, 2.05) is 27.7 Å². The largest absolute Gasteiger partial charge is 0.488 e. The van der Waals surface area contributed by atoms with Gasteiger partial charge in [0.1, 0.15) is 0 Å². The van der Waals surface area contributed by atoms with Gasteiger partial charge in [-0.2, -0.15) is 0 Å². The third kappa shape index (κ3) is 6.16. The van der Waals surface area contributed by atoms with Crippen LogP contribution in [0, 0.1) is 10.1 Å². The maximum atomic E-state index is 10.2. The molecular formula is C10H18BNO4. The molecule has 0 aliphatic carbocycles. The molecule has 0 spiro atoms. The van der Waals surface area contributed by atoms with Crippen molar-refractivity contribution < 1.29 is 15.0 Å². The molecule has 0 amide bonds. The average Bonchev–Trinajstić information content (AvgIpc) is 2.34. The minimum absolute atomic E-state index is 0.115. The number of hydrogen-bond acceptors (Lipinski definition) is 4. The van der Waals surface area contributed by atoms with Gasteiger partial charge >= 0.3 is 7.12 Å². The third-order valence-corrected chi connectivity index (χ3v) is 1.38. The van der Waals surface area contributed by atoms with Crippen LogP contribution in [0.1, 0.15) is 27.7 Å². The van der Waals surface area contributed by atoms with Crippen LogP contribution >= 0.6 is 0 Å². The number of rotatable bonds is 2. The fourth-order valence-electron chi connectivity index (χ4n) is 0.799. The summed E-state index contributed by atoms with van der Waals surface area (Å²) >= 11 is 0. The van der Waals surface area contributed by atoms with Crippen molar-refractivity contribution in [2.75, 3.05) is 0 Å². The summed E-state index contributed by atoms with van der Waals surface area (Å²) in [6, 6.07) is 5.20. The number of non-ortho nitro benzene ring substituents is 1. The maximum Gasteiger partial charge on any atom is 0.488 e. The van der Waals surface area contributed by atoms with Crippen molar-refractivity contribution in [1.29, 1.82) is 0 Å². The lowest BCUT2D eigenvalue weighted by atomic mass is 9.80. The normalized spacial score (nSPS) is 7.88. The van der Waals surface area contributed by atoms with Gasteiger partial charge in [-0.1, -0.05) is 39.8 Å². The summed E-state index contributed by atoms with van der Waals surface area (Å²) in [7, 11) is -1.66. The van der Waals surface area contributed by atoms with Crippen molar-refractivity contribution >= 4 is 18.3 Å². The summed E-state index contributed by atoms with van der Waals surface area (Å²) in [6.45, 7) is 8.00. The Balaban J connectivity index is 0. The van der Waals surface area contributed by atoms with E-state index in [4.69, 9.17) is 10.0 Å². The molecule has 0 heterocycles. The molecule has 0 aliphatic rings. The van der Waals surface area contributed by atoms with E-state index in [0.717, 1.165) is 6.07 Å². The van der Waals surface area contributed by atoms with E-state index in [1.54, 1.807) is 0 Å². The van der Waals surface area contributed by atoms with Crippen LogP contribution in [0.15, 0.2) is 24.3 Å². The predicted octanol–water partition coefficient (Wildman–Crippen LogP) is 1.33. The highest BCUT2D eigenvalue weighted by atomic mass is 16.6. The lowest BCUT2D eigenvalue weighted by molar-refractivity contribution is -0.384. The molecule has 0 fully saturated rings. The Labute approximate surface area is 96.0 Å². The second-order valence-electron chi connectivity index (χ2n) is 2.23. The van der Waals surface area contributed by atoms with Crippen LogP contribution in [-0.2, 0) is 0 Å². The third-order valence-electron chi connectivity index (χ3n) is 1.38. The molecule has 1 aromatic carbocycles. The van der Waals surface area contributed by atoms with E-state index < -0.39 is 12.0 Å². The molecule has 0 bridgehead atoms. The number of benzene rings is 1. The summed E-state index contributed by atoms with van der Waals surface area (Å²) in [5.41, 5.74) is -0.0372. The van der Waals surface area contributed by atoms with Crippen LogP contribution in [0.5, 0.6) is 0 Å². The first kappa shape index (κ1) is 17.0. The highest BCUT2D eigenvalue weighted by Gasteiger charge is 2.14. The zero-order chi connectivity index (χ0) is 13.1. The van der Waals surface area contributed by atoms with Gasteiger partial charge in [0.25, 0.3) is 5.69 Å². The SMILES string of the molecule is CC.CC.O=[N+]([O-])c1cccc(B(O)O)c1. The molecular weight excluding hydrogens is 209 g/mol. The molecule has 90 valence electrons. The molecule has 0 aliphatic heterocycles. The Morgan fingerprint density at radius 2 is 1.69 bits per heavy atom. The van der Waals surface area contributed by atoms with Crippen LogP contribution in [0.25, 0.3) is 0 Å². The fraction of sp³-hybridized carbons (Fsp3) is 0.400. The lowest BCUT2D eigenvalue weighted by Gasteiger charge is -1.97. The molecule has 0 atom stereocenters. The monoisotopic (exact) mass is 227 g/mol. The summed E-state index contributed by atoms with van der Waals surface area (Å²) in [4.78, 5) is 9.63. The van der Waals surface area contributed by atoms with Gasteiger partial charge in [-0.25, -0.2) is 0 Å². The Morgan fingerprint density at radius 1 is 1.19 bits per heavy atom. The second-order valence-corrected chi connectivity index (χ2v) is 2.23. The molecule has 2 N–H and O–H groups in total. The molecule has 16 heavy (non-hydrogen) atoms. The van der Waals surface area contributed by atoms with Crippen LogP contribution in [0.4, 0.5) is 5.69 Å². The fourth-order valence-corrected chi connectivity index (χ4v) is 0.799. The number of nitro benzene ring substituents is 1. The van der Waals surface area contributed by atoms with E-state index in [1.165, 1.54) is 18.2 Å².